The summed E-state index contributed by atoms with van der Waals surface area (Å²) in [4.78, 5) is 21.0. The number of hydrazone groups is 1. The maximum Gasteiger partial charge on any atom is 0.271 e. The van der Waals surface area contributed by atoms with Gasteiger partial charge in [0.1, 0.15) is 0 Å². The Morgan fingerprint density at radius 3 is 2.38 bits per heavy atom. The van der Waals surface area contributed by atoms with Crippen molar-refractivity contribution < 1.29 is 30.2 Å². The number of carbonyl (C=O) groups excluding carboxylic acids is 1. The molecule has 11 heteroatoms. The van der Waals surface area contributed by atoms with Crippen molar-refractivity contribution in [3.8, 4) is 11.3 Å². The first kappa shape index (κ1) is 27.4. The van der Waals surface area contributed by atoms with Crippen LogP contribution in [0.2, 0.25) is 0 Å². The number of anilines is 1. The van der Waals surface area contributed by atoms with E-state index in [-0.39, 0.29) is 27.4 Å². The van der Waals surface area contributed by atoms with Crippen LogP contribution >= 0.6 is 11.3 Å². The lowest BCUT2D eigenvalue weighted by Gasteiger charge is -2.25. The molecule has 196 valence electrons. The van der Waals surface area contributed by atoms with Crippen molar-refractivity contribution in [3.05, 3.63) is 65.0 Å². The molecule has 0 saturated carbocycles. The molecule has 1 amide bonds. The van der Waals surface area contributed by atoms with Crippen LogP contribution in [0.1, 0.15) is 47.3 Å². The van der Waals surface area contributed by atoms with Gasteiger partial charge >= 0.3 is 0 Å². The molecule has 8 nitrogen and oxygen atoms in total. The monoisotopic (exact) mass is 602 g/mol. The van der Waals surface area contributed by atoms with Gasteiger partial charge in [-0.15, -0.1) is 0 Å². The average Bonchev–Trinajstić information content (AvgIpc) is 3.61. The molecule has 2 fully saturated rings. The lowest BCUT2D eigenvalue weighted by atomic mass is 10.1. The Morgan fingerprint density at radius 1 is 0.946 bits per heavy atom. The molecular weight excluding hydrogens is 574 g/mol. The van der Waals surface area contributed by atoms with Gasteiger partial charge in [0.05, 0.1) is 21.7 Å². The van der Waals surface area contributed by atoms with E-state index in [1.165, 1.54) is 22.9 Å². The number of nitrogens with zero attached hydrogens (tertiary/aromatic N) is 4. The van der Waals surface area contributed by atoms with Crippen molar-refractivity contribution in [3.63, 3.8) is 0 Å². The number of nitrogens with one attached hydrogen (secondary N) is 1. The smallest absolute Gasteiger partial charge is 0.271 e. The van der Waals surface area contributed by atoms with Crippen LogP contribution in [0.4, 0.5) is 5.13 Å². The second-order valence-corrected chi connectivity index (χ2v) is 11.9. The molecule has 3 aromatic rings. The van der Waals surface area contributed by atoms with Gasteiger partial charge in [0.25, 0.3) is 5.91 Å². The molecule has 0 atom stereocenters. The number of amides is 1. The van der Waals surface area contributed by atoms with Crippen molar-refractivity contribution in [1.29, 1.82) is 0 Å². The first-order valence-electron chi connectivity index (χ1n) is 12.3. The quantitative estimate of drug-likeness (QED) is 0.325. The van der Waals surface area contributed by atoms with Gasteiger partial charge in [0.2, 0.25) is 10.0 Å². The van der Waals surface area contributed by atoms with Crippen molar-refractivity contribution >= 4 is 38.6 Å². The Labute approximate surface area is 232 Å². The number of piperidine rings is 1. The van der Waals surface area contributed by atoms with Gasteiger partial charge in [0, 0.05) is 37.3 Å². The van der Waals surface area contributed by atoms with E-state index in [1.807, 2.05) is 30.3 Å². The zero-order valence-electron chi connectivity index (χ0n) is 20.3. The Morgan fingerprint density at radius 2 is 1.65 bits per heavy atom. The van der Waals surface area contributed by atoms with Gasteiger partial charge in [-0.05, 0) is 50.3 Å². The fourth-order valence-corrected chi connectivity index (χ4v) is 7.09. The first-order chi connectivity index (χ1) is 17.5. The topological polar surface area (TPSA) is 95.0 Å². The highest BCUT2D eigenvalue weighted by molar-refractivity contribution is 7.89. The van der Waals surface area contributed by atoms with Gasteiger partial charge in [0.15, 0.2) is 5.13 Å². The highest BCUT2D eigenvalue weighted by Gasteiger charge is 2.27. The van der Waals surface area contributed by atoms with Crippen LogP contribution in [0.5, 0.6) is 0 Å². The fourth-order valence-electron chi connectivity index (χ4n) is 4.52. The third-order valence-electron chi connectivity index (χ3n) is 6.46. The molecule has 2 aliphatic rings. The Bertz CT molecular complexity index is 1350. The van der Waals surface area contributed by atoms with Crippen LogP contribution < -0.4 is 27.3 Å². The Hall–Kier alpha value is -2.60. The number of aromatic nitrogens is 1. The Balaban J connectivity index is 0.00000320. The molecule has 2 aliphatic heterocycles. The van der Waals surface area contributed by atoms with Crippen molar-refractivity contribution in [2.45, 2.75) is 37.0 Å². The van der Waals surface area contributed by atoms with E-state index in [2.05, 4.69) is 15.4 Å². The number of benzene rings is 2. The molecule has 5 rings (SSSR count). The molecule has 2 saturated heterocycles. The predicted octanol–water partition coefficient (Wildman–Crippen LogP) is 1.35. The molecule has 0 bridgehead atoms. The molecule has 0 spiro atoms. The maximum atomic E-state index is 12.9. The number of carbonyl (C=O) groups is 1. The first-order valence-corrected chi connectivity index (χ1v) is 14.5. The summed E-state index contributed by atoms with van der Waals surface area (Å²) in [6.07, 6.45) is 6.90. The summed E-state index contributed by atoms with van der Waals surface area (Å²) in [7, 11) is -3.60. The molecule has 1 aromatic heterocycles. The summed E-state index contributed by atoms with van der Waals surface area (Å²) in [5.74, 6) is -0.466. The number of thiazole rings is 1. The van der Waals surface area contributed by atoms with E-state index in [0.29, 0.717) is 13.1 Å². The number of hydrogen-bond donors (Lipinski definition) is 1. The summed E-state index contributed by atoms with van der Waals surface area (Å²) in [5.41, 5.74) is 4.62. The molecule has 37 heavy (non-hydrogen) atoms. The summed E-state index contributed by atoms with van der Waals surface area (Å²) in [5, 5.41) is 5.16. The van der Waals surface area contributed by atoms with Gasteiger partial charge < -0.3 is 21.9 Å². The second-order valence-electron chi connectivity index (χ2n) is 8.96. The highest BCUT2D eigenvalue weighted by atomic mass is 79.9. The lowest BCUT2D eigenvalue weighted by molar-refractivity contribution is -0.0000178. The SMILES string of the molecule is O=C(N/N=C/c1sc(N2CCCCC2)nc1-c1ccccc1)c1cccc(S(=O)(=O)N2CCCC2)c1.[Br-]. The molecule has 0 unspecified atom stereocenters. The molecule has 3 heterocycles. The van der Waals surface area contributed by atoms with Gasteiger partial charge in [-0.25, -0.2) is 18.8 Å². The largest absolute Gasteiger partial charge is 1.00 e. The van der Waals surface area contributed by atoms with Crippen LogP contribution in [0.25, 0.3) is 11.3 Å². The zero-order valence-corrected chi connectivity index (χ0v) is 23.6. The molecular formula is C26H29BrN5O3S2-. The average molecular weight is 604 g/mol. The molecule has 2 aromatic carbocycles. The summed E-state index contributed by atoms with van der Waals surface area (Å²) in [6.45, 7) is 3.01. The summed E-state index contributed by atoms with van der Waals surface area (Å²) < 4.78 is 27.2. The van der Waals surface area contributed by atoms with Gasteiger partial charge in [-0.3, -0.25) is 4.79 Å². The van der Waals surface area contributed by atoms with E-state index < -0.39 is 15.9 Å². The van der Waals surface area contributed by atoms with Crippen molar-refractivity contribution in [2.24, 2.45) is 5.10 Å². The fraction of sp³-hybridized carbons (Fsp3) is 0.346. The van der Waals surface area contributed by atoms with E-state index in [9.17, 15) is 13.2 Å². The Kier molecular flexibility index (Phi) is 9.12. The standard InChI is InChI=1S/C26H29N5O3S2.BrH/c32-25(21-12-9-13-22(18-21)36(33,34)31-16-7-8-17-31)29-27-19-23-24(20-10-3-1-4-11-20)28-26(35-23)30-14-5-2-6-15-30;/h1,3-4,9-13,18-19H,2,5-8,14-17H2,(H,29,32);1H/p-1/b27-19+;. The number of sulfonamides is 1. The predicted molar refractivity (Wildman–Crippen MR) is 143 cm³/mol. The van der Waals surface area contributed by atoms with E-state index in [4.69, 9.17) is 4.98 Å². The van der Waals surface area contributed by atoms with Crippen LogP contribution in [-0.2, 0) is 10.0 Å². The zero-order chi connectivity index (χ0) is 25.0. The highest BCUT2D eigenvalue weighted by Crippen LogP contribution is 2.33. The third-order valence-corrected chi connectivity index (χ3v) is 9.41. The van der Waals surface area contributed by atoms with Crippen molar-refractivity contribution in [1.82, 2.24) is 14.7 Å². The number of halogens is 1. The maximum absolute atomic E-state index is 12.9. The summed E-state index contributed by atoms with van der Waals surface area (Å²) in [6, 6.07) is 16.0. The minimum absolute atomic E-state index is 0. The molecule has 1 N–H and O–H groups in total. The van der Waals surface area contributed by atoms with Gasteiger partial charge in [-0.2, -0.15) is 9.41 Å². The van der Waals surface area contributed by atoms with Crippen LogP contribution in [0.3, 0.4) is 0 Å². The van der Waals surface area contributed by atoms with E-state index in [1.54, 1.807) is 29.7 Å². The van der Waals surface area contributed by atoms with Crippen molar-refractivity contribution in [2.75, 3.05) is 31.1 Å². The van der Waals surface area contributed by atoms with Crippen LogP contribution in [-0.4, -0.2) is 56.0 Å². The van der Waals surface area contributed by atoms with Crippen LogP contribution in [0.15, 0.2) is 64.6 Å². The van der Waals surface area contributed by atoms with Crippen LogP contribution in [0, 0.1) is 0 Å². The third kappa shape index (κ3) is 6.28. The second kappa shape index (κ2) is 12.3. The van der Waals surface area contributed by atoms with E-state index >= 15 is 0 Å². The summed E-state index contributed by atoms with van der Waals surface area (Å²) >= 11 is 1.56. The number of hydrogen-bond acceptors (Lipinski definition) is 7. The lowest BCUT2D eigenvalue weighted by Crippen LogP contribution is -3.00. The number of rotatable bonds is 7. The van der Waals surface area contributed by atoms with Gasteiger partial charge in [-0.1, -0.05) is 47.7 Å². The van der Waals surface area contributed by atoms with E-state index in [0.717, 1.165) is 60.0 Å². The minimum Gasteiger partial charge on any atom is -1.00 e. The molecule has 0 radical (unpaired) electrons. The minimum atomic E-state index is -3.60. The molecule has 0 aliphatic carbocycles. The normalized spacial score (nSPS) is 16.6.